The first kappa shape index (κ1) is 11.8. The van der Waals surface area contributed by atoms with Gasteiger partial charge in [0.25, 0.3) is 0 Å². The Bertz CT molecular complexity index is 408. The second-order valence-corrected chi connectivity index (χ2v) is 5.52. The van der Waals surface area contributed by atoms with Crippen molar-refractivity contribution in [1.29, 1.82) is 0 Å². The van der Waals surface area contributed by atoms with Crippen LogP contribution in [-0.2, 0) is 9.53 Å². The molecule has 1 aromatic rings. The minimum atomic E-state index is -0.132. The van der Waals surface area contributed by atoms with E-state index in [-0.39, 0.29) is 11.2 Å². The van der Waals surface area contributed by atoms with Gasteiger partial charge in [-0.15, -0.1) is 11.8 Å². The molecule has 1 unspecified atom stereocenters. The smallest absolute Gasteiger partial charge is 0.319 e. The van der Waals surface area contributed by atoms with Crippen molar-refractivity contribution in [2.24, 2.45) is 0 Å². The van der Waals surface area contributed by atoms with Gasteiger partial charge in [0.15, 0.2) is 0 Å². The first-order chi connectivity index (χ1) is 7.70. The second kappa shape index (κ2) is 5.10. The molecule has 1 heterocycles. The molecular weight excluding hydrogens is 292 g/mol. The van der Waals surface area contributed by atoms with E-state index in [4.69, 9.17) is 9.47 Å². The Balaban J connectivity index is 2.19. The van der Waals surface area contributed by atoms with Gasteiger partial charge in [0.2, 0.25) is 0 Å². The van der Waals surface area contributed by atoms with Gasteiger partial charge in [-0.3, -0.25) is 4.79 Å². The zero-order valence-electron chi connectivity index (χ0n) is 8.73. The fraction of sp³-hybridized carbons (Fsp3) is 0.364. The minimum Gasteiger partial charge on any atom is -0.496 e. The molecule has 1 aliphatic heterocycles. The zero-order chi connectivity index (χ0) is 11.5. The molecule has 16 heavy (non-hydrogen) atoms. The summed E-state index contributed by atoms with van der Waals surface area (Å²) in [6.45, 7) is 0.521. The molecule has 1 fully saturated rings. The number of esters is 1. The summed E-state index contributed by atoms with van der Waals surface area (Å²) in [5.41, 5.74) is 0. The molecule has 0 N–H and O–H groups in total. The molecule has 2 rings (SSSR count). The van der Waals surface area contributed by atoms with Crippen LogP contribution in [0, 0.1) is 0 Å². The van der Waals surface area contributed by atoms with Crippen molar-refractivity contribution in [3.63, 3.8) is 0 Å². The first-order valence-corrected chi connectivity index (χ1v) is 6.55. The van der Waals surface area contributed by atoms with Crippen LogP contribution in [0.4, 0.5) is 0 Å². The third-order valence-electron chi connectivity index (χ3n) is 2.28. The Morgan fingerprint density at radius 1 is 1.56 bits per heavy atom. The van der Waals surface area contributed by atoms with Crippen molar-refractivity contribution in [3.05, 3.63) is 22.7 Å². The Morgan fingerprint density at radius 2 is 2.38 bits per heavy atom. The molecule has 0 bridgehead atoms. The van der Waals surface area contributed by atoms with E-state index in [0.29, 0.717) is 6.61 Å². The molecule has 1 aromatic carbocycles. The number of thioether (sulfide) groups is 1. The van der Waals surface area contributed by atoms with Gasteiger partial charge < -0.3 is 9.47 Å². The third kappa shape index (κ3) is 2.52. The lowest BCUT2D eigenvalue weighted by atomic mass is 10.3. The van der Waals surface area contributed by atoms with Crippen molar-refractivity contribution in [3.8, 4) is 5.75 Å². The molecule has 86 valence electrons. The van der Waals surface area contributed by atoms with Crippen molar-refractivity contribution < 1.29 is 14.3 Å². The van der Waals surface area contributed by atoms with Crippen molar-refractivity contribution >= 4 is 33.7 Å². The number of halogens is 1. The Kier molecular flexibility index (Phi) is 3.76. The molecule has 1 atom stereocenters. The molecular formula is C11H11BrO3S. The number of hydrogen-bond acceptors (Lipinski definition) is 4. The van der Waals surface area contributed by atoms with Crippen LogP contribution in [0.25, 0.3) is 0 Å². The maximum Gasteiger partial charge on any atom is 0.319 e. The van der Waals surface area contributed by atoms with Crippen molar-refractivity contribution in [2.75, 3.05) is 13.7 Å². The van der Waals surface area contributed by atoms with Crippen LogP contribution >= 0.6 is 27.7 Å². The number of cyclic esters (lactones) is 1. The van der Waals surface area contributed by atoms with E-state index in [0.717, 1.165) is 21.5 Å². The molecule has 5 heteroatoms. The van der Waals surface area contributed by atoms with E-state index < -0.39 is 0 Å². The Hall–Kier alpha value is -0.680. The molecule has 1 saturated heterocycles. The number of carbonyl (C=O) groups is 1. The number of benzene rings is 1. The zero-order valence-corrected chi connectivity index (χ0v) is 11.1. The van der Waals surface area contributed by atoms with E-state index in [1.54, 1.807) is 7.11 Å². The monoisotopic (exact) mass is 302 g/mol. The lowest BCUT2D eigenvalue weighted by Crippen LogP contribution is -2.09. The van der Waals surface area contributed by atoms with Crippen molar-refractivity contribution in [1.82, 2.24) is 0 Å². The van der Waals surface area contributed by atoms with E-state index >= 15 is 0 Å². The van der Waals surface area contributed by atoms with Gasteiger partial charge in [-0.25, -0.2) is 0 Å². The van der Waals surface area contributed by atoms with Crippen LogP contribution < -0.4 is 4.74 Å². The molecule has 0 amide bonds. The van der Waals surface area contributed by atoms with Gasteiger partial charge in [-0.05, 0) is 18.2 Å². The van der Waals surface area contributed by atoms with Crippen LogP contribution in [-0.4, -0.2) is 24.9 Å². The van der Waals surface area contributed by atoms with E-state index in [9.17, 15) is 4.79 Å². The SMILES string of the molecule is COc1ccc(Br)cc1SC1CCOC1=O. The van der Waals surface area contributed by atoms with Crippen LogP contribution in [0.1, 0.15) is 6.42 Å². The van der Waals surface area contributed by atoms with E-state index in [1.165, 1.54) is 11.8 Å². The summed E-state index contributed by atoms with van der Waals surface area (Å²) in [6, 6.07) is 5.75. The highest BCUT2D eigenvalue weighted by molar-refractivity contribution is 9.10. The van der Waals surface area contributed by atoms with Gasteiger partial charge in [-0.1, -0.05) is 15.9 Å². The predicted octanol–water partition coefficient (Wildman–Crippen LogP) is 2.87. The summed E-state index contributed by atoms with van der Waals surface area (Å²) >= 11 is 4.90. The highest BCUT2D eigenvalue weighted by Gasteiger charge is 2.28. The number of rotatable bonds is 3. The third-order valence-corrected chi connectivity index (χ3v) is 4.06. The van der Waals surface area contributed by atoms with Gasteiger partial charge in [0.05, 0.1) is 18.6 Å². The highest BCUT2D eigenvalue weighted by Crippen LogP contribution is 2.37. The summed E-state index contributed by atoms with van der Waals surface area (Å²) < 4.78 is 11.2. The Morgan fingerprint density at radius 3 is 3.00 bits per heavy atom. The number of methoxy groups -OCH3 is 1. The summed E-state index contributed by atoms with van der Waals surface area (Å²) in [6.07, 6.45) is 0.763. The second-order valence-electron chi connectivity index (χ2n) is 3.36. The molecule has 0 radical (unpaired) electrons. The standard InChI is InChI=1S/C11H11BrO3S/c1-14-8-3-2-7(12)6-10(8)16-9-4-5-15-11(9)13/h2-3,6,9H,4-5H2,1H3. The molecule has 3 nitrogen and oxygen atoms in total. The minimum absolute atomic E-state index is 0.108. The number of hydrogen-bond donors (Lipinski definition) is 0. The first-order valence-electron chi connectivity index (χ1n) is 4.87. The average molecular weight is 303 g/mol. The quantitative estimate of drug-likeness (QED) is 0.804. The summed E-state index contributed by atoms with van der Waals surface area (Å²) in [5.74, 6) is 0.653. The maximum absolute atomic E-state index is 11.4. The van der Waals surface area contributed by atoms with Gasteiger partial charge in [0.1, 0.15) is 11.0 Å². The predicted molar refractivity (Wildman–Crippen MR) is 65.9 cm³/mol. The Labute approximate surface area is 107 Å². The highest BCUT2D eigenvalue weighted by atomic mass is 79.9. The van der Waals surface area contributed by atoms with Gasteiger partial charge in [0, 0.05) is 10.9 Å². The number of ether oxygens (including phenoxy) is 2. The maximum atomic E-state index is 11.4. The van der Waals surface area contributed by atoms with Crippen LogP contribution in [0.5, 0.6) is 5.75 Å². The van der Waals surface area contributed by atoms with E-state index in [2.05, 4.69) is 15.9 Å². The summed E-state index contributed by atoms with van der Waals surface area (Å²) in [5, 5.41) is -0.108. The summed E-state index contributed by atoms with van der Waals surface area (Å²) in [7, 11) is 1.63. The topological polar surface area (TPSA) is 35.5 Å². The van der Waals surface area contributed by atoms with Gasteiger partial charge >= 0.3 is 5.97 Å². The normalized spacial score (nSPS) is 19.6. The summed E-state index contributed by atoms with van der Waals surface area (Å²) in [4.78, 5) is 12.3. The fourth-order valence-corrected chi connectivity index (χ4v) is 3.14. The molecule has 0 aromatic heterocycles. The van der Waals surface area contributed by atoms with Crippen LogP contribution in [0.2, 0.25) is 0 Å². The molecule has 0 aliphatic carbocycles. The largest absolute Gasteiger partial charge is 0.496 e. The lowest BCUT2D eigenvalue weighted by Gasteiger charge is -2.10. The molecule has 0 spiro atoms. The molecule has 0 saturated carbocycles. The van der Waals surface area contributed by atoms with E-state index in [1.807, 2.05) is 18.2 Å². The van der Waals surface area contributed by atoms with Crippen LogP contribution in [0.3, 0.4) is 0 Å². The molecule has 1 aliphatic rings. The average Bonchev–Trinajstić information content (AvgIpc) is 2.65. The van der Waals surface area contributed by atoms with Crippen molar-refractivity contribution in [2.45, 2.75) is 16.6 Å². The van der Waals surface area contributed by atoms with Gasteiger partial charge in [-0.2, -0.15) is 0 Å². The lowest BCUT2D eigenvalue weighted by molar-refractivity contribution is -0.137. The fourth-order valence-electron chi connectivity index (χ4n) is 1.48. The van der Waals surface area contributed by atoms with Crippen LogP contribution in [0.15, 0.2) is 27.6 Å². The number of carbonyl (C=O) groups excluding carboxylic acids is 1.